The summed E-state index contributed by atoms with van der Waals surface area (Å²) in [4.78, 5) is 12.0. The Morgan fingerprint density at radius 2 is 2.27 bits per heavy atom. The van der Waals surface area contributed by atoms with E-state index in [1.165, 1.54) is 17.7 Å². The molecule has 2 aromatic heterocycles. The molecule has 0 radical (unpaired) electrons. The van der Waals surface area contributed by atoms with Gasteiger partial charge in [-0.15, -0.1) is 11.3 Å². The third kappa shape index (κ3) is 2.16. The minimum Gasteiger partial charge on any atom is -0.382 e. The van der Waals surface area contributed by atoms with Gasteiger partial charge in [-0.2, -0.15) is 0 Å². The van der Waals surface area contributed by atoms with E-state index in [1.807, 2.05) is 12.3 Å². The van der Waals surface area contributed by atoms with E-state index in [-0.39, 0.29) is 5.82 Å². The molecule has 0 saturated carbocycles. The Hall–Kier alpha value is -1.40. The van der Waals surface area contributed by atoms with Crippen LogP contribution in [0.25, 0.3) is 0 Å². The van der Waals surface area contributed by atoms with Crippen LogP contribution in [-0.4, -0.2) is 15.0 Å². The fourth-order valence-corrected chi connectivity index (χ4v) is 1.82. The summed E-state index contributed by atoms with van der Waals surface area (Å²) in [7, 11) is 0. The lowest BCUT2D eigenvalue weighted by Crippen LogP contribution is -1.99. The third-order valence-corrected chi connectivity index (χ3v) is 2.91. The number of anilines is 3. The number of hydrogen-bond donors (Lipinski definition) is 2. The highest BCUT2D eigenvalue weighted by molar-refractivity contribution is 7.13. The van der Waals surface area contributed by atoms with Gasteiger partial charge in [0.15, 0.2) is 10.9 Å². The smallest absolute Gasteiger partial charge is 0.188 e. The van der Waals surface area contributed by atoms with E-state index in [1.54, 1.807) is 0 Å². The lowest BCUT2D eigenvalue weighted by molar-refractivity contribution is 1.17. The summed E-state index contributed by atoms with van der Waals surface area (Å²) in [6, 6.07) is 0. The molecule has 3 N–H and O–H groups in total. The monoisotopic (exact) mass is 241 g/mol. The van der Waals surface area contributed by atoms with E-state index in [2.05, 4.69) is 20.3 Å². The first kappa shape index (κ1) is 10.1. The number of nitrogen functional groups attached to an aromatic ring is 1. The Balaban J connectivity index is 2.28. The van der Waals surface area contributed by atoms with Crippen LogP contribution in [0.4, 0.5) is 16.8 Å². The molecule has 0 aliphatic heterocycles. The van der Waals surface area contributed by atoms with E-state index in [0.717, 1.165) is 10.8 Å². The Kier molecular flexibility index (Phi) is 2.70. The van der Waals surface area contributed by atoms with Crippen molar-refractivity contribution in [2.75, 3.05) is 11.1 Å². The lowest BCUT2D eigenvalue weighted by atomic mass is 10.5. The fraction of sp³-hybridized carbons (Fsp3) is 0.125. The Bertz CT molecular complexity index is 484. The summed E-state index contributed by atoms with van der Waals surface area (Å²) in [5.41, 5.74) is 6.48. The molecule has 15 heavy (non-hydrogen) atoms. The van der Waals surface area contributed by atoms with Crippen molar-refractivity contribution in [1.82, 2.24) is 15.0 Å². The second-order valence-corrected chi connectivity index (χ2v) is 4.08. The Morgan fingerprint density at radius 1 is 1.47 bits per heavy atom. The van der Waals surface area contributed by atoms with E-state index < -0.39 is 0 Å². The van der Waals surface area contributed by atoms with Crippen LogP contribution in [0.2, 0.25) is 5.02 Å². The summed E-state index contributed by atoms with van der Waals surface area (Å²) in [6.07, 6.45) is 1.35. The summed E-state index contributed by atoms with van der Waals surface area (Å²) in [5, 5.41) is 5.95. The fourth-order valence-electron chi connectivity index (χ4n) is 0.983. The highest BCUT2D eigenvalue weighted by atomic mass is 35.5. The molecule has 0 aromatic carbocycles. The first-order chi connectivity index (χ1) is 7.16. The van der Waals surface area contributed by atoms with Crippen LogP contribution in [0.3, 0.4) is 0 Å². The van der Waals surface area contributed by atoms with Crippen LogP contribution in [0.1, 0.15) is 5.69 Å². The number of aromatic nitrogens is 3. The minimum atomic E-state index is 0.252. The molecule has 0 saturated heterocycles. The van der Waals surface area contributed by atoms with Gasteiger partial charge in [0.2, 0.25) is 0 Å². The summed E-state index contributed by atoms with van der Waals surface area (Å²) >= 11 is 7.39. The molecular weight excluding hydrogens is 234 g/mol. The first-order valence-electron chi connectivity index (χ1n) is 4.12. The van der Waals surface area contributed by atoms with Gasteiger partial charge in [0.25, 0.3) is 0 Å². The molecule has 2 rings (SSSR count). The molecule has 5 nitrogen and oxygen atoms in total. The number of aryl methyl sites for hydroxylation is 1. The molecule has 2 aromatic rings. The molecule has 0 aliphatic rings. The predicted molar refractivity (Wildman–Crippen MR) is 61.6 cm³/mol. The van der Waals surface area contributed by atoms with Gasteiger partial charge in [-0.3, -0.25) is 0 Å². The van der Waals surface area contributed by atoms with Crippen LogP contribution in [0.15, 0.2) is 11.7 Å². The third-order valence-electron chi connectivity index (χ3n) is 1.66. The molecule has 2 heterocycles. The molecule has 0 unspecified atom stereocenters. The van der Waals surface area contributed by atoms with Crippen molar-refractivity contribution in [3.63, 3.8) is 0 Å². The lowest BCUT2D eigenvalue weighted by Gasteiger charge is -2.04. The van der Waals surface area contributed by atoms with Gasteiger partial charge in [-0.05, 0) is 6.92 Å². The zero-order valence-corrected chi connectivity index (χ0v) is 9.43. The van der Waals surface area contributed by atoms with Crippen molar-refractivity contribution in [2.24, 2.45) is 0 Å². The summed E-state index contributed by atoms with van der Waals surface area (Å²) in [5.74, 6) is 0.723. The minimum absolute atomic E-state index is 0.252. The van der Waals surface area contributed by atoms with Crippen LogP contribution in [0, 0.1) is 6.92 Å². The van der Waals surface area contributed by atoms with Crippen LogP contribution >= 0.6 is 22.9 Å². The molecule has 0 bridgehead atoms. The van der Waals surface area contributed by atoms with Crippen molar-refractivity contribution in [2.45, 2.75) is 6.92 Å². The van der Waals surface area contributed by atoms with Crippen molar-refractivity contribution >= 4 is 39.7 Å². The molecule has 0 atom stereocenters. The maximum absolute atomic E-state index is 5.91. The van der Waals surface area contributed by atoms with Gasteiger partial charge in [-0.25, -0.2) is 15.0 Å². The molecular formula is C8H8ClN5S. The number of rotatable bonds is 2. The Labute approximate surface area is 95.3 Å². The van der Waals surface area contributed by atoms with Crippen LogP contribution in [0.5, 0.6) is 0 Å². The normalized spacial score (nSPS) is 10.3. The van der Waals surface area contributed by atoms with Gasteiger partial charge >= 0.3 is 0 Å². The molecule has 7 heteroatoms. The SMILES string of the molecule is Cc1csc(Nc2ncnc(N)c2Cl)n1. The van der Waals surface area contributed by atoms with Gasteiger partial charge in [0.05, 0.1) is 5.69 Å². The van der Waals surface area contributed by atoms with Crippen molar-refractivity contribution in [3.05, 3.63) is 22.4 Å². The van der Waals surface area contributed by atoms with Gasteiger partial charge < -0.3 is 11.1 Å². The van der Waals surface area contributed by atoms with E-state index >= 15 is 0 Å². The zero-order chi connectivity index (χ0) is 10.8. The highest BCUT2D eigenvalue weighted by Crippen LogP contribution is 2.27. The molecule has 78 valence electrons. The second-order valence-electron chi connectivity index (χ2n) is 2.84. The summed E-state index contributed by atoms with van der Waals surface area (Å²) in [6.45, 7) is 1.91. The number of hydrogen-bond acceptors (Lipinski definition) is 6. The van der Waals surface area contributed by atoms with Crippen LogP contribution in [-0.2, 0) is 0 Å². The summed E-state index contributed by atoms with van der Waals surface area (Å²) < 4.78 is 0. The van der Waals surface area contributed by atoms with Crippen molar-refractivity contribution in [3.8, 4) is 0 Å². The van der Waals surface area contributed by atoms with E-state index in [9.17, 15) is 0 Å². The number of nitrogens with zero attached hydrogens (tertiary/aromatic N) is 3. The second kappa shape index (κ2) is 4.00. The molecule has 0 amide bonds. The van der Waals surface area contributed by atoms with Crippen LogP contribution < -0.4 is 11.1 Å². The molecule has 0 spiro atoms. The van der Waals surface area contributed by atoms with Crippen molar-refractivity contribution < 1.29 is 0 Å². The Morgan fingerprint density at radius 3 is 2.93 bits per heavy atom. The number of nitrogens with one attached hydrogen (secondary N) is 1. The standard InChI is InChI=1S/C8H8ClN5S/c1-4-2-15-8(13-4)14-7-5(9)6(10)11-3-12-7/h2-3H,1H3,(H3,10,11,12,13,14). The first-order valence-corrected chi connectivity index (χ1v) is 5.37. The number of nitrogens with two attached hydrogens (primary N) is 1. The van der Waals surface area contributed by atoms with Gasteiger partial charge in [0, 0.05) is 5.38 Å². The molecule has 0 aliphatic carbocycles. The largest absolute Gasteiger partial charge is 0.382 e. The average Bonchev–Trinajstić information content (AvgIpc) is 2.59. The zero-order valence-electron chi connectivity index (χ0n) is 7.86. The van der Waals surface area contributed by atoms with Gasteiger partial charge in [0.1, 0.15) is 17.2 Å². The topological polar surface area (TPSA) is 76.7 Å². The number of thiazole rings is 1. The van der Waals surface area contributed by atoms with E-state index in [4.69, 9.17) is 17.3 Å². The average molecular weight is 242 g/mol. The van der Waals surface area contributed by atoms with E-state index in [0.29, 0.717) is 10.8 Å². The quantitative estimate of drug-likeness (QED) is 0.843. The maximum Gasteiger partial charge on any atom is 0.188 e. The number of halogens is 1. The van der Waals surface area contributed by atoms with Crippen molar-refractivity contribution in [1.29, 1.82) is 0 Å². The highest BCUT2D eigenvalue weighted by Gasteiger charge is 2.07. The molecule has 0 fully saturated rings. The predicted octanol–water partition coefficient (Wildman–Crippen LogP) is 2.22. The van der Waals surface area contributed by atoms with Gasteiger partial charge in [-0.1, -0.05) is 11.6 Å². The maximum atomic E-state index is 5.91.